The molecule has 2 aliphatic rings. The maximum atomic E-state index is 13.0. The number of hydrogen-bond acceptors (Lipinski definition) is 15. The highest BCUT2D eigenvalue weighted by atomic mass is 16.5. The average Bonchev–Trinajstić information content (AvgIpc) is 3.97. The standard InChI is InChI=1S/C25H32N6O4.C20H24N6O4.C13H10N2O4/c1-3-5-15-30(16-19-7-9-20(10-8-19)24(32)28-34)25(33)26-21-11-13-23(14-12-21)35-18-31-17-22(6-4-2)27-29-31;1-2-3-12-26(13-15-4-6-16(7-5-15)19(27)24-29)20(28)23-17-8-10-18(11-9-17)30-14-22-25-21;16-10-6-5-9(11(17)14-10)15-12(18)7-3-1-2-4-8(7)13(15)19/h7-14,17,34H,3-6,15-16,18H2,1-2H3,(H,26,33)(H,28,32);4-11,29H,2-3,12-14H2,1H3,(H,23,28)(H,24,27);1-4,9H,5-6H2,(H,14,16,17). The fraction of sp³-hybridized carbons (Fsp3) is 0.310. The van der Waals surface area contributed by atoms with Crippen LogP contribution in [-0.2, 0) is 35.8 Å². The number of imide groups is 2. The van der Waals surface area contributed by atoms with E-state index in [0.29, 0.717) is 71.3 Å². The molecule has 0 aliphatic carbocycles. The fourth-order valence-corrected chi connectivity index (χ4v) is 8.43. The van der Waals surface area contributed by atoms with E-state index in [2.05, 4.69) is 50.1 Å². The molecule has 1 aromatic heterocycles. The Morgan fingerprint density at radius 2 is 1.18 bits per heavy atom. The average molecular weight is 1150 g/mol. The van der Waals surface area contributed by atoms with Gasteiger partial charge in [0.05, 0.1) is 23.0 Å². The Morgan fingerprint density at radius 1 is 0.690 bits per heavy atom. The van der Waals surface area contributed by atoms with Crippen LogP contribution < -0.4 is 36.4 Å². The lowest BCUT2D eigenvalue weighted by Gasteiger charge is -2.27. The van der Waals surface area contributed by atoms with E-state index in [4.69, 9.17) is 25.4 Å². The van der Waals surface area contributed by atoms with E-state index >= 15 is 0 Å². The minimum Gasteiger partial charge on any atom is -0.488 e. The molecule has 84 heavy (non-hydrogen) atoms. The molecule has 5 aromatic carbocycles. The Bertz CT molecular complexity index is 3230. The quantitative estimate of drug-likeness (QED) is 0.00789. The number of hydrogen-bond donors (Lipinski definition) is 7. The van der Waals surface area contributed by atoms with Crippen molar-refractivity contribution in [1.29, 1.82) is 0 Å². The molecule has 1 saturated heterocycles. The smallest absolute Gasteiger partial charge is 0.322 e. The molecule has 0 spiro atoms. The molecule has 0 saturated carbocycles. The zero-order valence-corrected chi connectivity index (χ0v) is 46.6. The summed E-state index contributed by atoms with van der Waals surface area (Å²) in [6, 6.07) is 32.4. The minimum absolute atomic E-state index is 0.105. The molecular weight excluding hydrogens is 1080 g/mol. The molecule has 1 unspecified atom stereocenters. The number of carbonyl (C=O) groups excluding carboxylic acids is 8. The van der Waals surface area contributed by atoms with Crippen LogP contribution in [0.25, 0.3) is 10.4 Å². The normalized spacial score (nSPS) is 13.1. The van der Waals surface area contributed by atoms with E-state index < -0.39 is 35.6 Å². The molecule has 10 amide bonds. The number of nitrogens with one attached hydrogen (secondary N) is 5. The van der Waals surface area contributed by atoms with Crippen molar-refractivity contribution in [2.75, 3.05) is 30.5 Å². The number of hydroxylamine groups is 2. The lowest BCUT2D eigenvalue weighted by atomic mass is 10.0. The number of piperidine rings is 1. The summed E-state index contributed by atoms with van der Waals surface area (Å²) >= 11 is 0. The van der Waals surface area contributed by atoms with E-state index in [0.717, 1.165) is 60.2 Å². The summed E-state index contributed by atoms with van der Waals surface area (Å²) in [6.45, 7) is 8.31. The summed E-state index contributed by atoms with van der Waals surface area (Å²) in [7, 11) is 0. The number of amides is 10. The third-order valence-electron chi connectivity index (χ3n) is 12.9. The Hall–Kier alpha value is -10.2. The predicted octanol–water partition coefficient (Wildman–Crippen LogP) is 8.59. The molecule has 0 bridgehead atoms. The number of aryl methyl sites for hydroxylation is 1. The molecule has 6 aromatic rings. The van der Waals surface area contributed by atoms with Crippen LogP contribution in [0.1, 0.15) is 124 Å². The Kier molecular flexibility index (Phi) is 24.2. The summed E-state index contributed by atoms with van der Waals surface area (Å²) in [5.41, 5.74) is 16.7. The number of aromatic nitrogens is 3. The molecule has 3 heterocycles. The first-order valence-electron chi connectivity index (χ1n) is 27.0. The lowest BCUT2D eigenvalue weighted by Crippen LogP contribution is -2.54. The second-order valence-corrected chi connectivity index (χ2v) is 19.0. The maximum Gasteiger partial charge on any atom is 0.322 e. The van der Waals surface area contributed by atoms with Crippen molar-refractivity contribution in [3.8, 4) is 11.5 Å². The van der Waals surface area contributed by atoms with E-state index in [1.54, 1.807) is 147 Å². The summed E-state index contributed by atoms with van der Waals surface area (Å²) in [5.74, 6) is -1.91. The van der Waals surface area contributed by atoms with Crippen molar-refractivity contribution < 1.29 is 58.2 Å². The fourth-order valence-electron chi connectivity index (χ4n) is 8.43. The molecule has 26 heteroatoms. The number of urea groups is 2. The van der Waals surface area contributed by atoms with Gasteiger partial charge in [0, 0.05) is 60.0 Å². The summed E-state index contributed by atoms with van der Waals surface area (Å²) in [5, 5.41) is 36.8. The van der Waals surface area contributed by atoms with Crippen molar-refractivity contribution in [3.05, 3.63) is 177 Å². The van der Waals surface area contributed by atoms with Gasteiger partial charge < -0.3 is 29.9 Å². The second-order valence-electron chi connectivity index (χ2n) is 19.0. The van der Waals surface area contributed by atoms with Crippen molar-refractivity contribution in [3.63, 3.8) is 0 Å². The van der Waals surface area contributed by atoms with Gasteiger partial charge in [-0.15, -0.1) is 5.10 Å². The highest BCUT2D eigenvalue weighted by Crippen LogP contribution is 2.27. The van der Waals surface area contributed by atoms with E-state index in [-0.39, 0.29) is 44.3 Å². The van der Waals surface area contributed by atoms with Gasteiger partial charge in [-0.1, -0.05) is 86.8 Å². The van der Waals surface area contributed by atoms with Crippen LogP contribution in [0.15, 0.2) is 133 Å². The van der Waals surface area contributed by atoms with Gasteiger partial charge in [-0.25, -0.2) is 25.2 Å². The molecular formula is C58H66N14O12. The van der Waals surface area contributed by atoms with Gasteiger partial charge in [-0.3, -0.25) is 49.4 Å². The number of nitrogens with zero attached hydrogens (tertiary/aromatic N) is 9. The summed E-state index contributed by atoms with van der Waals surface area (Å²) < 4.78 is 12.6. The highest BCUT2D eigenvalue weighted by Gasteiger charge is 2.44. The van der Waals surface area contributed by atoms with Crippen LogP contribution >= 0.6 is 0 Å². The number of benzene rings is 5. The number of fused-ring (bicyclic) bond motifs is 1. The van der Waals surface area contributed by atoms with Gasteiger partial charge in [-0.05, 0) is 127 Å². The monoisotopic (exact) mass is 1150 g/mol. The summed E-state index contributed by atoms with van der Waals surface area (Å²) in [6.07, 6.45) is 7.69. The second kappa shape index (κ2) is 32.3. The summed E-state index contributed by atoms with van der Waals surface area (Å²) in [4.78, 5) is 103. The Balaban J connectivity index is 0.000000210. The first kappa shape index (κ1) is 63.0. The van der Waals surface area contributed by atoms with Crippen molar-refractivity contribution >= 4 is 58.9 Å². The van der Waals surface area contributed by atoms with Crippen molar-refractivity contribution in [2.45, 2.75) is 98.0 Å². The number of anilines is 2. The maximum absolute atomic E-state index is 13.0. The highest BCUT2D eigenvalue weighted by molar-refractivity contribution is 6.23. The first-order chi connectivity index (χ1) is 40.7. The zero-order valence-electron chi connectivity index (χ0n) is 46.6. The molecule has 26 nitrogen and oxygen atoms in total. The number of unbranched alkanes of at least 4 members (excludes halogenated alkanes) is 2. The molecule has 1 atom stereocenters. The number of ether oxygens (including phenoxy) is 2. The van der Waals surface area contributed by atoms with Gasteiger partial charge in [-0.2, -0.15) is 0 Å². The largest absolute Gasteiger partial charge is 0.488 e. The number of carbonyl (C=O) groups is 8. The third-order valence-corrected chi connectivity index (χ3v) is 12.9. The minimum atomic E-state index is -0.898. The number of azide groups is 1. The molecule has 1 fully saturated rings. The molecule has 0 radical (unpaired) electrons. The Labute approximate surface area is 483 Å². The van der Waals surface area contributed by atoms with Gasteiger partial charge >= 0.3 is 12.1 Å². The lowest BCUT2D eigenvalue weighted by molar-refractivity contribution is -0.136. The van der Waals surface area contributed by atoms with Crippen molar-refractivity contribution in [1.82, 2.24) is 46.0 Å². The topological polar surface area (TPSA) is 345 Å². The molecule has 8 rings (SSSR count). The van der Waals surface area contributed by atoms with Gasteiger partial charge in [0.2, 0.25) is 11.8 Å². The third kappa shape index (κ3) is 18.4. The van der Waals surface area contributed by atoms with Crippen LogP contribution in [0.2, 0.25) is 0 Å². The Morgan fingerprint density at radius 3 is 1.62 bits per heavy atom. The SMILES string of the molecule is CCCCN(Cc1ccc(C(=O)NO)cc1)C(=O)Nc1ccc(OCN=[N+]=[N-])cc1.CCCCN(Cc1ccc(C(=O)NO)cc1)C(=O)Nc1ccc(OCn2cc(CCC)nn2)cc1.O=C1CCC(N2C(=O)c3ccccc3C2=O)C(=O)N1. The number of rotatable bonds is 23. The zero-order chi connectivity index (χ0) is 60.4. The van der Waals surface area contributed by atoms with Crippen LogP contribution in [0.3, 0.4) is 0 Å². The van der Waals surface area contributed by atoms with E-state index in [1.807, 2.05) is 13.1 Å². The van der Waals surface area contributed by atoms with Crippen molar-refractivity contribution in [2.24, 2.45) is 5.11 Å². The predicted molar refractivity (Wildman–Crippen MR) is 305 cm³/mol. The first-order valence-corrected chi connectivity index (χ1v) is 27.0. The van der Waals surface area contributed by atoms with Gasteiger partial charge in [0.1, 0.15) is 17.5 Å². The molecule has 440 valence electrons. The van der Waals surface area contributed by atoms with Crippen LogP contribution in [0.5, 0.6) is 11.5 Å². The van der Waals surface area contributed by atoms with Crippen LogP contribution in [0.4, 0.5) is 21.0 Å². The van der Waals surface area contributed by atoms with Crippen LogP contribution in [0, 0.1) is 0 Å². The molecule has 2 aliphatic heterocycles. The van der Waals surface area contributed by atoms with E-state index in [1.165, 1.54) is 0 Å². The van der Waals surface area contributed by atoms with E-state index in [9.17, 15) is 38.4 Å². The van der Waals surface area contributed by atoms with Gasteiger partial charge in [0.25, 0.3) is 23.6 Å². The van der Waals surface area contributed by atoms with Gasteiger partial charge in [0.15, 0.2) is 13.5 Å². The molecule has 7 N–H and O–H groups in total. The van der Waals surface area contributed by atoms with Crippen LogP contribution in [-0.4, -0.2) is 113 Å².